The summed E-state index contributed by atoms with van der Waals surface area (Å²) in [6, 6.07) is 79.2. The van der Waals surface area contributed by atoms with Crippen molar-refractivity contribution >= 4 is 17.1 Å². The van der Waals surface area contributed by atoms with Crippen LogP contribution >= 0.6 is 0 Å². The largest absolute Gasteiger partial charge is 0.310 e. The number of anilines is 3. The Balaban J connectivity index is 1.15. The normalized spacial score (nSPS) is 14.2. The quantitative estimate of drug-likeness (QED) is 0.169. The zero-order chi connectivity index (χ0) is 39.3. The minimum Gasteiger partial charge on any atom is -0.310 e. The number of rotatable bonds is 5. The molecule has 0 radical (unpaired) electrons. The second kappa shape index (κ2) is 12.6. The lowest BCUT2D eigenvalue weighted by Crippen LogP contribution is -2.26. The average molecular weight is 752 g/mol. The van der Waals surface area contributed by atoms with Gasteiger partial charge in [0.2, 0.25) is 0 Å². The van der Waals surface area contributed by atoms with Gasteiger partial charge in [-0.25, -0.2) is 0 Å². The van der Waals surface area contributed by atoms with Gasteiger partial charge in [0.15, 0.2) is 0 Å². The first-order valence-electron chi connectivity index (χ1n) is 20.8. The van der Waals surface area contributed by atoms with Crippen molar-refractivity contribution in [2.45, 2.75) is 24.7 Å². The molecule has 3 aliphatic rings. The zero-order valence-corrected chi connectivity index (χ0v) is 33.2. The van der Waals surface area contributed by atoms with Gasteiger partial charge in [-0.2, -0.15) is 0 Å². The van der Waals surface area contributed by atoms with Crippen molar-refractivity contribution in [3.05, 3.63) is 246 Å². The summed E-state index contributed by atoms with van der Waals surface area (Å²) in [7, 11) is 0. The van der Waals surface area contributed by atoms with Crippen LogP contribution in [0.3, 0.4) is 0 Å². The first-order chi connectivity index (χ1) is 29.0. The molecule has 0 saturated carbocycles. The Bertz CT molecular complexity index is 3060. The number of nitrogens with zero attached hydrogens (tertiary/aromatic N) is 1. The molecule has 0 atom stereocenters. The van der Waals surface area contributed by atoms with E-state index in [0.717, 1.165) is 11.4 Å². The Labute approximate surface area is 346 Å². The molecule has 0 heterocycles. The summed E-state index contributed by atoms with van der Waals surface area (Å²) < 4.78 is 0. The van der Waals surface area contributed by atoms with Crippen molar-refractivity contribution in [3.8, 4) is 55.6 Å². The molecule has 3 aliphatic carbocycles. The second-order valence-electron chi connectivity index (χ2n) is 16.8. The van der Waals surface area contributed by atoms with Gasteiger partial charge >= 0.3 is 0 Å². The molecule has 1 heteroatoms. The lowest BCUT2D eigenvalue weighted by molar-refractivity contribution is 0.660. The monoisotopic (exact) mass is 751 g/mol. The molecule has 9 aromatic rings. The summed E-state index contributed by atoms with van der Waals surface area (Å²) in [5.74, 6) is 0. The fourth-order valence-electron chi connectivity index (χ4n) is 10.9. The van der Waals surface area contributed by atoms with Crippen LogP contribution in [0, 0.1) is 0 Å². The lowest BCUT2D eigenvalue weighted by atomic mass is 9.70. The molecule has 59 heavy (non-hydrogen) atoms. The van der Waals surface area contributed by atoms with Crippen LogP contribution in [-0.2, 0) is 10.8 Å². The average Bonchev–Trinajstić information content (AvgIpc) is 3.85. The first-order valence-corrected chi connectivity index (χ1v) is 20.8. The number of para-hydroxylation sites is 1. The molecule has 0 unspecified atom stereocenters. The van der Waals surface area contributed by atoms with Gasteiger partial charge < -0.3 is 4.90 Å². The summed E-state index contributed by atoms with van der Waals surface area (Å²) in [5.41, 5.74) is 23.7. The molecule has 0 N–H and O–H groups in total. The molecule has 12 rings (SSSR count). The summed E-state index contributed by atoms with van der Waals surface area (Å²) in [4.78, 5) is 2.52. The van der Waals surface area contributed by atoms with Gasteiger partial charge in [0.25, 0.3) is 0 Å². The summed E-state index contributed by atoms with van der Waals surface area (Å²) in [5, 5.41) is 0. The van der Waals surface area contributed by atoms with E-state index in [9.17, 15) is 0 Å². The van der Waals surface area contributed by atoms with Crippen molar-refractivity contribution in [1.29, 1.82) is 0 Å². The van der Waals surface area contributed by atoms with Crippen molar-refractivity contribution in [3.63, 3.8) is 0 Å². The fourth-order valence-corrected chi connectivity index (χ4v) is 10.9. The van der Waals surface area contributed by atoms with Gasteiger partial charge in [0, 0.05) is 22.4 Å². The van der Waals surface area contributed by atoms with E-state index in [0.29, 0.717) is 0 Å². The highest BCUT2D eigenvalue weighted by molar-refractivity contribution is 6.00. The maximum atomic E-state index is 2.52. The predicted molar refractivity (Wildman–Crippen MR) is 246 cm³/mol. The molecule has 0 amide bonds. The van der Waals surface area contributed by atoms with Gasteiger partial charge in [0.1, 0.15) is 0 Å². The molecular weight excluding hydrogens is 711 g/mol. The fraction of sp³-hybridized carbons (Fsp3) is 0.0690. The van der Waals surface area contributed by atoms with Crippen LogP contribution in [0.2, 0.25) is 0 Å². The lowest BCUT2D eigenvalue weighted by Gasteiger charge is -2.33. The number of benzene rings is 9. The van der Waals surface area contributed by atoms with Crippen LogP contribution in [0.1, 0.15) is 47.2 Å². The van der Waals surface area contributed by atoms with E-state index in [2.05, 4.69) is 231 Å². The van der Waals surface area contributed by atoms with Crippen LogP contribution in [-0.4, -0.2) is 0 Å². The third-order valence-corrected chi connectivity index (χ3v) is 13.5. The molecule has 9 aromatic carbocycles. The van der Waals surface area contributed by atoms with Gasteiger partial charge in [-0.15, -0.1) is 0 Å². The van der Waals surface area contributed by atoms with Gasteiger partial charge in [-0.1, -0.05) is 190 Å². The summed E-state index contributed by atoms with van der Waals surface area (Å²) in [6.07, 6.45) is 0. The number of hydrogen-bond donors (Lipinski definition) is 0. The smallest absolute Gasteiger partial charge is 0.0726 e. The molecule has 0 saturated heterocycles. The SMILES string of the molecule is CC1(C)c2cc(N(c3ccccc3)c3ccc4c(c3)C3(c5ccccc5-c5ccccc53)c3ccccc3-4)c(-c3ccccc3)cc2-c2c(-c3ccccc3)cccc21. The molecule has 0 fully saturated rings. The van der Waals surface area contributed by atoms with E-state index in [1.807, 2.05) is 0 Å². The molecule has 0 aromatic heterocycles. The highest BCUT2D eigenvalue weighted by atomic mass is 15.1. The highest BCUT2D eigenvalue weighted by Crippen LogP contribution is 2.64. The third-order valence-electron chi connectivity index (χ3n) is 13.5. The molecule has 1 spiro atoms. The van der Waals surface area contributed by atoms with E-state index in [-0.39, 0.29) is 5.41 Å². The first kappa shape index (κ1) is 33.9. The molecule has 0 aliphatic heterocycles. The molecule has 0 bridgehead atoms. The minimum atomic E-state index is -0.435. The van der Waals surface area contributed by atoms with Crippen molar-refractivity contribution in [1.82, 2.24) is 0 Å². The standard InChI is InChI=1S/C58H41N/c1-57(2)52-32-18-28-42(38-19-6-3-7-20-38)56(52)48-36-47(39-21-8-4-9-22-39)55(37-53(48)57)59(40-23-10-5-11-24-40)41-33-34-46-45-27-14-17-31-51(45)58(54(46)35-41)49-29-15-12-25-43(49)44-26-13-16-30-50(44)58/h3-37H,1-2H3. The Morgan fingerprint density at radius 1 is 0.305 bits per heavy atom. The maximum absolute atomic E-state index is 2.52. The van der Waals surface area contributed by atoms with Crippen LogP contribution in [0.4, 0.5) is 17.1 Å². The van der Waals surface area contributed by atoms with Crippen molar-refractivity contribution < 1.29 is 0 Å². The van der Waals surface area contributed by atoms with E-state index in [1.165, 1.54) is 94.7 Å². The van der Waals surface area contributed by atoms with Gasteiger partial charge in [0.05, 0.1) is 11.1 Å². The molecule has 278 valence electrons. The van der Waals surface area contributed by atoms with Crippen molar-refractivity contribution in [2.24, 2.45) is 0 Å². The number of hydrogen-bond acceptors (Lipinski definition) is 1. The van der Waals surface area contributed by atoms with Crippen LogP contribution < -0.4 is 4.90 Å². The Kier molecular flexibility index (Phi) is 7.26. The minimum absolute atomic E-state index is 0.220. The van der Waals surface area contributed by atoms with Gasteiger partial charge in [-0.05, 0) is 120 Å². The Morgan fingerprint density at radius 2 is 0.780 bits per heavy atom. The predicted octanol–water partition coefficient (Wildman–Crippen LogP) is 15.1. The third kappa shape index (κ3) is 4.67. The molecule has 1 nitrogen and oxygen atoms in total. The van der Waals surface area contributed by atoms with Crippen LogP contribution in [0.15, 0.2) is 212 Å². The highest BCUT2D eigenvalue weighted by Gasteiger charge is 2.51. The second-order valence-corrected chi connectivity index (χ2v) is 16.8. The van der Waals surface area contributed by atoms with Crippen LogP contribution in [0.25, 0.3) is 55.6 Å². The van der Waals surface area contributed by atoms with Gasteiger partial charge in [-0.3, -0.25) is 0 Å². The molecular formula is C58H41N. The maximum Gasteiger partial charge on any atom is 0.0726 e. The van der Waals surface area contributed by atoms with E-state index >= 15 is 0 Å². The Hall–Kier alpha value is -7.22. The van der Waals surface area contributed by atoms with Crippen LogP contribution in [0.5, 0.6) is 0 Å². The van der Waals surface area contributed by atoms with E-state index in [1.54, 1.807) is 0 Å². The van der Waals surface area contributed by atoms with E-state index in [4.69, 9.17) is 0 Å². The Morgan fingerprint density at radius 3 is 1.37 bits per heavy atom. The topological polar surface area (TPSA) is 3.24 Å². The summed E-state index contributed by atoms with van der Waals surface area (Å²) >= 11 is 0. The number of fused-ring (bicyclic) bond motifs is 13. The van der Waals surface area contributed by atoms with Crippen molar-refractivity contribution in [2.75, 3.05) is 4.90 Å². The zero-order valence-electron chi connectivity index (χ0n) is 33.2. The van der Waals surface area contributed by atoms with E-state index < -0.39 is 5.41 Å². The summed E-state index contributed by atoms with van der Waals surface area (Å²) in [6.45, 7) is 4.80.